The molecule has 2 unspecified atom stereocenters. The maximum atomic E-state index is 13.0. The van der Waals surface area contributed by atoms with Gasteiger partial charge in [0.1, 0.15) is 11.2 Å². The molecule has 7 heteroatoms. The number of hydrogen-bond acceptors (Lipinski definition) is 5. The number of aromatic amines is 1. The van der Waals surface area contributed by atoms with E-state index in [0.717, 1.165) is 52.5 Å². The number of aromatic nitrogens is 2. The summed E-state index contributed by atoms with van der Waals surface area (Å²) in [4.78, 5) is 22.8. The first-order chi connectivity index (χ1) is 16.7. The molecule has 0 aliphatic carbocycles. The molecule has 3 aromatic rings. The molecule has 1 saturated heterocycles. The van der Waals surface area contributed by atoms with Crippen molar-refractivity contribution in [3.63, 3.8) is 0 Å². The summed E-state index contributed by atoms with van der Waals surface area (Å²) in [6.07, 6.45) is 6.17. The zero-order chi connectivity index (χ0) is 24.7. The highest BCUT2D eigenvalue weighted by Gasteiger charge is 2.35. The van der Waals surface area contributed by atoms with Gasteiger partial charge < -0.3 is 19.4 Å². The van der Waals surface area contributed by atoms with Crippen LogP contribution in [0.2, 0.25) is 0 Å². The van der Waals surface area contributed by atoms with Crippen LogP contribution in [0.3, 0.4) is 0 Å². The Morgan fingerprint density at radius 1 is 1.31 bits per heavy atom. The fourth-order valence-corrected chi connectivity index (χ4v) is 5.21. The molecule has 0 saturated carbocycles. The number of nitrogens with one attached hydrogen (secondary N) is 1. The van der Waals surface area contributed by atoms with E-state index in [2.05, 4.69) is 34.2 Å². The molecular formula is C28H32N4O3. The van der Waals surface area contributed by atoms with Crippen LogP contribution in [0.25, 0.3) is 22.2 Å². The summed E-state index contributed by atoms with van der Waals surface area (Å²) in [6, 6.07) is 8.83. The second kappa shape index (κ2) is 9.01. The molecule has 4 heterocycles. The number of likely N-dealkylation sites (tertiary alicyclic amines) is 1. The molecule has 1 N–H and O–H groups in total. The number of H-pyrrole nitrogens is 1. The van der Waals surface area contributed by atoms with Crippen molar-refractivity contribution >= 4 is 17.1 Å². The van der Waals surface area contributed by atoms with E-state index in [0.29, 0.717) is 19.8 Å². The highest BCUT2D eigenvalue weighted by molar-refractivity contribution is 5.85. The van der Waals surface area contributed by atoms with Crippen molar-refractivity contribution in [2.24, 2.45) is 0 Å². The zero-order valence-electron chi connectivity index (χ0n) is 20.9. The highest BCUT2D eigenvalue weighted by Crippen LogP contribution is 2.40. The number of pyridine rings is 1. The number of carbonyl (C=O) groups excluding carboxylic acids is 1. The fourth-order valence-electron chi connectivity index (χ4n) is 5.21. The molecule has 2 atom stereocenters. The lowest BCUT2D eigenvalue weighted by atomic mass is 9.88. The average molecular weight is 473 g/mol. The first-order valence-corrected chi connectivity index (χ1v) is 12.3. The van der Waals surface area contributed by atoms with Gasteiger partial charge in [0.05, 0.1) is 31.2 Å². The van der Waals surface area contributed by atoms with Crippen molar-refractivity contribution in [2.75, 3.05) is 13.2 Å². The van der Waals surface area contributed by atoms with Crippen LogP contribution in [0.4, 0.5) is 4.79 Å². The van der Waals surface area contributed by atoms with E-state index in [1.54, 1.807) is 0 Å². The van der Waals surface area contributed by atoms with Crippen molar-refractivity contribution in [3.05, 3.63) is 52.8 Å². The van der Waals surface area contributed by atoms with Crippen LogP contribution in [0, 0.1) is 11.3 Å². The van der Waals surface area contributed by atoms with Crippen molar-refractivity contribution in [3.8, 4) is 17.2 Å². The van der Waals surface area contributed by atoms with E-state index in [4.69, 9.17) is 9.47 Å². The second-order valence-electron chi connectivity index (χ2n) is 10.6. The number of ether oxygens (including phenoxy) is 2. The van der Waals surface area contributed by atoms with E-state index in [1.807, 2.05) is 45.0 Å². The van der Waals surface area contributed by atoms with E-state index >= 15 is 0 Å². The predicted octanol–water partition coefficient (Wildman–Crippen LogP) is 6.00. The Labute approximate surface area is 206 Å². The molecule has 2 aromatic heterocycles. The molecule has 1 aromatic carbocycles. The summed E-state index contributed by atoms with van der Waals surface area (Å²) in [5.74, 6) is -0.224. The maximum Gasteiger partial charge on any atom is 0.410 e. The number of carbonyl (C=O) groups is 1. The normalized spacial score (nSPS) is 18.8. The number of fused-ring (bicyclic) bond motifs is 2. The summed E-state index contributed by atoms with van der Waals surface area (Å²) >= 11 is 0. The molecule has 0 spiro atoms. The molecule has 1 fully saturated rings. The standard InChI is InChI=1S/C28H32N4O3/c1-17(13-29)23-15-31-26-22(23)12-20(14-30-26)19-10-18-7-9-34-16-24(18)21(11-19)25-6-5-8-32(25)27(33)35-28(2,3)4/h10-12,14-15,17,25H,5-9,16H2,1-4H3,(H,30,31). The smallest absolute Gasteiger partial charge is 0.410 e. The quantitative estimate of drug-likeness (QED) is 0.505. The number of rotatable bonds is 3. The molecule has 2 aliphatic heterocycles. The Bertz CT molecular complexity index is 1310. The van der Waals surface area contributed by atoms with Crippen molar-refractivity contribution in [2.45, 2.75) is 71.1 Å². The van der Waals surface area contributed by atoms with Gasteiger partial charge in [-0.05, 0) is 86.9 Å². The molecule has 0 radical (unpaired) electrons. The van der Waals surface area contributed by atoms with Gasteiger partial charge >= 0.3 is 6.09 Å². The number of benzene rings is 1. The zero-order valence-corrected chi connectivity index (χ0v) is 20.9. The van der Waals surface area contributed by atoms with Gasteiger partial charge in [0, 0.05) is 29.9 Å². The van der Waals surface area contributed by atoms with Gasteiger partial charge in [0.2, 0.25) is 0 Å². The van der Waals surface area contributed by atoms with Crippen molar-refractivity contribution < 1.29 is 14.3 Å². The Morgan fingerprint density at radius 3 is 2.91 bits per heavy atom. The minimum Gasteiger partial charge on any atom is -0.444 e. The molecule has 1 amide bonds. The average Bonchev–Trinajstić information content (AvgIpc) is 3.49. The lowest BCUT2D eigenvalue weighted by Crippen LogP contribution is -2.36. The van der Waals surface area contributed by atoms with Gasteiger partial charge in [-0.3, -0.25) is 0 Å². The lowest BCUT2D eigenvalue weighted by molar-refractivity contribution is 0.0221. The van der Waals surface area contributed by atoms with Gasteiger partial charge in [-0.1, -0.05) is 6.07 Å². The SMILES string of the molecule is CC(C#N)c1c[nH]c2ncc(-c3cc4c(c(C5CCCN5C(=O)OC(C)(C)C)c3)COCC4)cc12. The molecule has 2 aliphatic rings. The van der Waals surface area contributed by atoms with Gasteiger partial charge in [0.15, 0.2) is 0 Å². The summed E-state index contributed by atoms with van der Waals surface area (Å²) in [6.45, 7) is 9.54. The molecule has 182 valence electrons. The Morgan fingerprint density at radius 2 is 2.14 bits per heavy atom. The van der Waals surface area contributed by atoms with E-state index < -0.39 is 5.60 Å². The van der Waals surface area contributed by atoms with Crippen LogP contribution in [0.5, 0.6) is 0 Å². The first-order valence-electron chi connectivity index (χ1n) is 12.3. The summed E-state index contributed by atoms with van der Waals surface area (Å²) < 4.78 is 11.6. The fraction of sp³-hybridized carbons (Fsp3) is 0.464. The molecule has 7 nitrogen and oxygen atoms in total. The summed E-state index contributed by atoms with van der Waals surface area (Å²) in [7, 11) is 0. The Kier molecular flexibility index (Phi) is 6.02. The van der Waals surface area contributed by atoms with Crippen LogP contribution in [-0.4, -0.2) is 39.7 Å². The number of hydrogen-bond donors (Lipinski definition) is 1. The molecular weight excluding hydrogens is 440 g/mol. The maximum absolute atomic E-state index is 13.0. The van der Waals surface area contributed by atoms with Crippen LogP contribution < -0.4 is 0 Å². The minimum absolute atomic E-state index is 0.0432. The lowest BCUT2D eigenvalue weighted by Gasteiger charge is -2.31. The topological polar surface area (TPSA) is 91.2 Å². The Hall–Kier alpha value is -3.37. The van der Waals surface area contributed by atoms with E-state index in [9.17, 15) is 10.1 Å². The Balaban J connectivity index is 1.59. The third-order valence-corrected chi connectivity index (χ3v) is 6.94. The first kappa shape index (κ1) is 23.4. The third-order valence-electron chi connectivity index (χ3n) is 6.94. The molecule has 5 rings (SSSR count). The number of amides is 1. The van der Waals surface area contributed by atoms with Crippen molar-refractivity contribution in [1.29, 1.82) is 5.26 Å². The van der Waals surface area contributed by atoms with Crippen LogP contribution in [0.1, 0.15) is 74.8 Å². The highest BCUT2D eigenvalue weighted by atomic mass is 16.6. The monoisotopic (exact) mass is 472 g/mol. The number of nitriles is 1. The summed E-state index contributed by atoms with van der Waals surface area (Å²) in [5, 5.41) is 10.4. The second-order valence-corrected chi connectivity index (χ2v) is 10.6. The third kappa shape index (κ3) is 4.51. The molecule has 0 bridgehead atoms. The van der Waals surface area contributed by atoms with Gasteiger partial charge in [-0.25, -0.2) is 9.78 Å². The minimum atomic E-state index is -0.537. The van der Waals surface area contributed by atoms with Crippen LogP contribution >= 0.6 is 0 Å². The van der Waals surface area contributed by atoms with Crippen molar-refractivity contribution in [1.82, 2.24) is 14.9 Å². The predicted molar refractivity (Wildman–Crippen MR) is 134 cm³/mol. The number of nitrogens with zero attached hydrogens (tertiary/aromatic N) is 3. The van der Waals surface area contributed by atoms with Crippen LogP contribution in [0.15, 0.2) is 30.6 Å². The van der Waals surface area contributed by atoms with Gasteiger partial charge in [0.25, 0.3) is 0 Å². The van der Waals surface area contributed by atoms with Gasteiger partial charge in [-0.15, -0.1) is 0 Å². The van der Waals surface area contributed by atoms with E-state index in [-0.39, 0.29) is 18.1 Å². The van der Waals surface area contributed by atoms with Crippen LogP contribution in [-0.2, 0) is 22.5 Å². The van der Waals surface area contributed by atoms with E-state index in [1.165, 1.54) is 11.1 Å². The largest absolute Gasteiger partial charge is 0.444 e. The molecule has 35 heavy (non-hydrogen) atoms. The summed E-state index contributed by atoms with van der Waals surface area (Å²) in [5.41, 5.74) is 6.86. The van der Waals surface area contributed by atoms with Gasteiger partial charge in [-0.2, -0.15) is 5.26 Å².